The highest BCUT2D eigenvalue weighted by atomic mass is 31.2. The molecule has 0 radical (unpaired) electrons. The van der Waals surface area contributed by atoms with Crippen LogP contribution in [0.5, 0.6) is 0 Å². The maximum absolute atomic E-state index is 13.0. The van der Waals surface area contributed by atoms with Gasteiger partial charge in [-0.05, 0) is 38.5 Å². The quantitative estimate of drug-likeness (QED) is 0.0243. The van der Waals surface area contributed by atoms with Gasteiger partial charge in [0.2, 0.25) is 5.91 Å². The number of unbranched alkanes of at least 4 members (excludes halogenated alkanes) is 36. The molecule has 3 atom stereocenters. The van der Waals surface area contributed by atoms with E-state index in [-0.39, 0.29) is 19.1 Å². The van der Waals surface area contributed by atoms with Gasteiger partial charge in [0, 0.05) is 6.42 Å². The third-order valence-electron chi connectivity index (χ3n) is 12.8. The number of nitrogens with one attached hydrogen (secondary N) is 1. The van der Waals surface area contributed by atoms with E-state index in [4.69, 9.17) is 9.05 Å². The maximum Gasteiger partial charge on any atom is 0.472 e. The molecule has 0 fully saturated rings. The molecule has 63 heavy (non-hydrogen) atoms. The second-order valence-electron chi connectivity index (χ2n) is 20.3. The van der Waals surface area contributed by atoms with Gasteiger partial charge in [-0.1, -0.05) is 244 Å². The summed E-state index contributed by atoms with van der Waals surface area (Å²) in [5.74, 6) is -0.142. The van der Waals surface area contributed by atoms with Crippen LogP contribution in [-0.4, -0.2) is 73.4 Å². The fourth-order valence-electron chi connectivity index (χ4n) is 8.40. The smallest absolute Gasteiger partial charge is 0.391 e. The van der Waals surface area contributed by atoms with E-state index in [9.17, 15) is 19.4 Å². The van der Waals surface area contributed by atoms with Crippen molar-refractivity contribution in [2.24, 2.45) is 0 Å². The molecule has 0 aromatic carbocycles. The van der Waals surface area contributed by atoms with Crippen LogP contribution in [0.1, 0.15) is 277 Å². The minimum absolute atomic E-state index is 0.0768. The Bertz CT molecular complexity index is 1040. The molecule has 0 bridgehead atoms. The molecule has 0 saturated heterocycles. The molecule has 3 N–H and O–H groups in total. The summed E-state index contributed by atoms with van der Waals surface area (Å²) in [6, 6.07) is -0.758. The topological polar surface area (TPSA) is 105 Å². The van der Waals surface area contributed by atoms with Crippen LogP contribution in [0, 0.1) is 0 Å². The average molecular weight is 914 g/mol. The van der Waals surface area contributed by atoms with Crippen LogP contribution in [0.4, 0.5) is 0 Å². The number of carbonyl (C=O) groups excluding carboxylic acids is 1. The Balaban J connectivity index is 4.12. The van der Waals surface area contributed by atoms with E-state index in [2.05, 4.69) is 31.3 Å². The van der Waals surface area contributed by atoms with Crippen LogP contribution in [0.2, 0.25) is 0 Å². The van der Waals surface area contributed by atoms with Gasteiger partial charge < -0.3 is 19.8 Å². The molecule has 1 amide bonds. The monoisotopic (exact) mass is 914 g/mol. The van der Waals surface area contributed by atoms with Crippen LogP contribution in [0.15, 0.2) is 12.2 Å². The molecule has 0 aliphatic carbocycles. The third kappa shape index (κ3) is 49.0. The SMILES string of the molecule is CCCCCCCCCCCCCC/C=C\CCCCCCCCCCCCC(=O)NC(COP(=O)(O)OCC[N+](C)(C)C)C(O)CCCCCCCCCCCCCCCCC. The first kappa shape index (κ1) is 62.2. The number of hydrogen-bond acceptors (Lipinski definition) is 5. The van der Waals surface area contributed by atoms with E-state index in [0.717, 1.165) is 38.5 Å². The van der Waals surface area contributed by atoms with Crippen molar-refractivity contribution in [3.63, 3.8) is 0 Å². The Morgan fingerprint density at radius 2 is 0.857 bits per heavy atom. The van der Waals surface area contributed by atoms with Gasteiger partial charge in [0.25, 0.3) is 0 Å². The Hall–Kier alpha value is -0.760. The molecule has 3 unspecified atom stereocenters. The van der Waals surface area contributed by atoms with E-state index >= 15 is 0 Å². The number of nitrogens with zero attached hydrogens (tertiary/aromatic N) is 1. The highest BCUT2D eigenvalue weighted by Crippen LogP contribution is 2.43. The van der Waals surface area contributed by atoms with Crippen molar-refractivity contribution in [2.45, 2.75) is 289 Å². The fourth-order valence-corrected chi connectivity index (χ4v) is 9.13. The van der Waals surface area contributed by atoms with E-state index in [1.165, 1.54) is 212 Å². The largest absolute Gasteiger partial charge is 0.472 e. The van der Waals surface area contributed by atoms with Crippen molar-refractivity contribution in [3.8, 4) is 0 Å². The number of likely N-dealkylation sites (N-methyl/N-ethyl adjacent to an activating group) is 1. The summed E-state index contributed by atoms with van der Waals surface area (Å²) < 4.78 is 23.7. The van der Waals surface area contributed by atoms with E-state index in [1.807, 2.05) is 21.1 Å². The lowest BCUT2D eigenvalue weighted by Crippen LogP contribution is -2.46. The Morgan fingerprint density at radius 1 is 0.524 bits per heavy atom. The van der Waals surface area contributed by atoms with Crippen molar-refractivity contribution in [1.82, 2.24) is 5.32 Å². The molecule has 0 rings (SSSR count). The summed E-state index contributed by atoms with van der Waals surface area (Å²) in [4.78, 5) is 23.3. The Labute approximate surface area is 392 Å². The molecule has 0 spiro atoms. The molecule has 0 aromatic rings. The zero-order chi connectivity index (χ0) is 46.4. The zero-order valence-corrected chi connectivity index (χ0v) is 43.7. The second-order valence-corrected chi connectivity index (χ2v) is 21.8. The fraction of sp³-hybridized carbons (Fsp3) is 0.944. The van der Waals surface area contributed by atoms with Crippen LogP contribution in [0.3, 0.4) is 0 Å². The lowest BCUT2D eigenvalue weighted by atomic mass is 10.0. The molecule has 0 saturated carbocycles. The first-order chi connectivity index (χ1) is 30.5. The van der Waals surface area contributed by atoms with E-state index < -0.39 is 20.0 Å². The summed E-state index contributed by atoms with van der Waals surface area (Å²) in [6.07, 6.45) is 55.4. The molecule has 376 valence electrons. The number of allylic oxidation sites excluding steroid dienone is 2. The van der Waals surface area contributed by atoms with Gasteiger partial charge in [0.1, 0.15) is 13.2 Å². The van der Waals surface area contributed by atoms with Gasteiger partial charge in [0.15, 0.2) is 0 Å². The second kappa shape index (κ2) is 46.4. The summed E-state index contributed by atoms with van der Waals surface area (Å²) >= 11 is 0. The standard InChI is InChI=1S/C54H109N2O6P/c1-6-8-10-12-14-16-18-20-22-23-24-25-26-27-28-29-30-31-32-34-36-38-40-42-44-46-48-54(58)55-52(51-62-63(59,60)61-50-49-56(3,4)5)53(57)47-45-43-41-39-37-35-33-21-19-17-15-13-11-9-7-2/h27-28,52-53,57H,6-26,29-51H2,1-5H3,(H-,55,58,59,60)/p+1/b28-27-. The number of aliphatic hydroxyl groups excluding tert-OH is 1. The summed E-state index contributed by atoms with van der Waals surface area (Å²) in [6.45, 7) is 4.92. The number of hydrogen-bond donors (Lipinski definition) is 3. The number of carbonyl (C=O) groups is 1. The molecular formula is C54H110N2O6P+. The first-order valence-corrected chi connectivity index (χ1v) is 29.0. The predicted molar refractivity (Wildman–Crippen MR) is 272 cm³/mol. The number of phosphoric acid groups is 1. The van der Waals surface area contributed by atoms with Crippen LogP contribution < -0.4 is 5.32 Å². The molecular weight excluding hydrogens is 804 g/mol. The summed E-state index contributed by atoms with van der Waals surface area (Å²) in [5.41, 5.74) is 0. The number of phosphoric ester groups is 1. The number of amides is 1. The van der Waals surface area contributed by atoms with Crippen molar-refractivity contribution in [1.29, 1.82) is 0 Å². The van der Waals surface area contributed by atoms with Crippen LogP contribution in [0.25, 0.3) is 0 Å². The van der Waals surface area contributed by atoms with Gasteiger partial charge in [-0.15, -0.1) is 0 Å². The third-order valence-corrected chi connectivity index (χ3v) is 13.7. The number of aliphatic hydroxyl groups is 1. The van der Waals surface area contributed by atoms with Gasteiger partial charge in [-0.2, -0.15) is 0 Å². The van der Waals surface area contributed by atoms with Crippen LogP contribution >= 0.6 is 7.82 Å². The van der Waals surface area contributed by atoms with Crippen molar-refractivity contribution in [2.75, 3.05) is 40.9 Å². The van der Waals surface area contributed by atoms with Gasteiger partial charge in [-0.25, -0.2) is 4.57 Å². The summed E-state index contributed by atoms with van der Waals surface area (Å²) in [7, 11) is 1.63. The zero-order valence-electron chi connectivity index (χ0n) is 42.8. The highest BCUT2D eigenvalue weighted by molar-refractivity contribution is 7.47. The van der Waals surface area contributed by atoms with Crippen LogP contribution in [-0.2, 0) is 18.4 Å². The van der Waals surface area contributed by atoms with Crippen molar-refractivity contribution in [3.05, 3.63) is 12.2 Å². The normalized spacial score (nSPS) is 14.1. The van der Waals surface area contributed by atoms with Gasteiger partial charge >= 0.3 is 7.82 Å². The van der Waals surface area contributed by atoms with Crippen molar-refractivity contribution < 1.29 is 32.9 Å². The minimum atomic E-state index is -4.32. The molecule has 0 aliphatic rings. The van der Waals surface area contributed by atoms with Gasteiger partial charge in [0.05, 0.1) is 39.9 Å². The number of rotatable bonds is 51. The van der Waals surface area contributed by atoms with E-state index in [0.29, 0.717) is 23.9 Å². The highest BCUT2D eigenvalue weighted by Gasteiger charge is 2.28. The Morgan fingerprint density at radius 3 is 1.22 bits per heavy atom. The predicted octanol–water partition coefficient (Wildman–Crippen LogP) is 16.3. The maximum atomic E-state index is 13.0. The van der Waals surface area contributed by atoms with E-state index in [1.54, 1.807) is 0 Å². The number of quaternary nitrogens is 1. The van der Waals surface area contributed by atoms with Gasteiger partial charge in [-0.3, -0.25) is 13.8 Å². The summed E-state index contributed by atoms with van der Waals surface area (Å²) in [5, 5.41) is 14.0. The first-order valence-electron chi connectivity index (χ1n) is 27.6. The average Bonchev–Trinajstić information content (AvgIpc) is 3.24. The molecule has 0 heterocycles. The molecule has 8 nitrogen and oxygen atoms in total. The van der Waals surface area contributed by atoms with Crippen molar-refractivity contribution >= 4 is 13.7 Å². The molecule has 0 aromatic heterocycles. The Kier molecular flexibility index (Phi) is 45.8. The molecule has 0 aliphatic heterocycles. The lowest BCUT2D eigenvalue weighted by molar-refractivity contribution is -0.870. The minimum Gasteiger partial charge on any atom is -0.391 e. The molecule has 9 heteroatoms. The lowest BCUT2D eigenvalue weighted by Gasteiger charge is -2.26.